The van der Waals surface area contributed by atoms with E-state index in [1.54, 1.807) is 19.1 Å². The van der Waals surface area contributed by atoms with Crippen LogP contribution in [0.5, 0.6) is 23.0 Å². The zero-order valence-electron chi connectivity index (χ0n) is 16.1. The summed E-state index contributed by atoms with van der Waals surface area (Å²) >= 11 is 0. The van der Waals surface area contributed by atoms with Crippen molar-refractivity contribution in [3.8, 4) is 23.0 Å². The molecule has 3 rings (SSSR count). The summed E-state index contributed by atoms with van der Waals surface area (Å²) in [5.41, 5.74) is -0.249. The number of aromatic hydroxyl groups is 1. The topological polar surface area (TPSA) is 125 Å². The zero-order chi connectivity index (χ0) is 21.0. The van der Waals surface area contributed by atoms with Gasteiger partial charge < -0.3 is 33.6 Å². The number of carbonyl (C=O) groups excluding carboxylic acids is 1. The SMILES string of the molecule is CCOC(=O)C[C@@H](c1cc(OC)c2c(c1)OCCO2)c1oc(CO)cc(=O)c1O. The van der Waals surface area contributed by atoms with Crippen molar-refractivity contribution in [3.05, 3.63) is 45.5 Å². The number of hydrogen-bond donors (Lipinski definition) is 2. The van der Waals surface area contributed by atoms with E-state index in [2.05, 4.69) is 0 Å². The van der Waals surface area contributed by atoms with Gasteiger partial charge in [0, 0.05) is 6.07 Å². The third-order valence-corrected chi connectivity index (χ3v) is 4.40. The summed E-state index contributed by atoms with van der Waals surface area (Å²) in [6.07, 6.45) is -0.220. The Kier molecular flexibility index (Phi) is 6.28. The molecule has 1 aliphatic rings. The monoisotopic (exact) mass is 406 g/mol. The van der Waals surface area contributed by atoms with Crippen molar-refractivity contribution in [3.63, 3.8) is 0 Å². The van der Waals surface area contributed by atoms with Crippen LogP contribution in [0.1, 0.15) is 36.3 Å². The maximum absolute atomic E-state index is 12.2. The fourth-order valence-corrected chi connectivity index (χ4v) is 3.11. The van der Waals surface area contributed by atoms with Gasteiger partial charge in [0.2, 0.25) is 16.9 Å². The van der Waals surface area contributed by atoms with Gasteiger partial charge in [-0.2, -0.15) is 0 Å². The number of methoxy groups -OCH3 is 1. The number of carbonyl (C=O) groups is 1. The lowest BCUT2D eigenvalue weighted by Crippen LogP contribution is -2.18. The fourth-order valence-electron chi connectivity index (χ4n) is 3.11. The highest BCUT2D eigenvalue weighted by atomic mass is 16.6. The van der Waals surface area contributed by atoms with E-state index in [1.165, 1.54) is 7.11 Å². The average Bonchev–Trinajstić information content (AvgIpc) is 2.73. The largest absolute Gasteiger partial charge is 0.502 e. The summed E-state index contributed by atoms with van der Waals surface area (Å²) < 4.78 is 27.2. The molecule has 0 fully saturated rings. The van der Waals surface area contributed by atoms with Crippen LogP contribution in [0.3, 0.4) is 0 Å². The molecule has 0 saturated heterocycles. The first-order valence-corrected chi connectivity index (χ1v) is 9.08. The average molecular weight is 406 g/mol. The number of benzene rings is 1. The lowest BCUT2D eigenvalue weighted by atomic mass is 9.91. The first-order valence-electron chi connectivity index (χ1n) is 9.08. The Morgan fingerprint density at radius 1 is 1.24 bits per heavy atom. The molecule has 9 heteroatoms. The Bertz CT molecular complexity index is 930. The van der Waals surface area contributed by atoms with Gasteiger partial charge in [-0.3, -0.25) is 9.59 Å². The second-order valence-electron chi connectivity index (χ2n) is 6.26. The second-order valence-corrected chi connectivity index (χ2v) is 6.26. The molecule has 1 atom stereocenters. The molecule has 9 nitrogen and oxygen atoms in total. The van der Waals surface area contributed by atoms with Crippen LogP contribution in [0.25, 0.3) is 0 Å². The van der Waals surface area contributed by atoms with Crippen molar-refractivity contribution in [2.24, 2.45) is 0 Å². The number of hydrogen-bond acceptors (Lipinski definition) is 9. The molecular weight excluding hydrogens is 384 g/mol. The molecule has 29 heavy (non-hydrogen) atoms. The Balaban J connectivity index is 2.16. The maximum atomic E-state index is 12.2. The molecule has 0 saturated carbocycles. The number of ether oxygens (including phenoxy) is 4. The zero-order valence-corrected chi connectivity index (χ0v) is 16.1. The highest BCUT2D eigenvalue weighted by Gasteiger charge is 2.29. The molecule has 1 aliphatic heterocycles. The summed E-state index contributed by atoms with van der Waals surface area (Å²) in [5, 5.41) is 19.7. The minimum atomic E-state index is -0.891. The highest BCUT2D eigenvalue weighted by Crippen LogP contribution is 2.44. The van der Waals surface area contributed by atoms with Crippen LogP contribution in [0.2, 0.25) is 0 Å². The van der Waals surface area contributed by atoms with E-state index in [4.69, 9.17) is 23.4 Å². The Labute approximate surface area is 166 Å². The second kappa shape index (κ2) is 8.87. The predicted molar refractivity (Wildman–Crippen MR) is 99.6 cm³/mol. The van der Waals surface area contributed by atoms with E-state index in [9.17, 15) is 19.8 Å². The minimum Gasteiger partial charge on any atom is -0.502 e. The lowest BCUT2D eigenvalue weighted by molar-refractivity contribution is -0.143. The molecule has 1 aromatic heterocycles. The molecule has 0 unspecified atom stereocenters. The molecule has 0 amide bonds. The number of esters is 1. The molecule has 0 spiro atoms. The Morgan fingerprint density at radius 2 is 2.00 bits per heavy atom. The van der Waals surface area contributed by atoms with Crippen LogP contribution in [0.4, 0.5) is 0 Å². The van der Waals surface area contributed by atoms with Crippen LogP contribution in [-0.2, 0) is 16.1 Å². The van der Waals surface area contributed by atoms with Crippen LogP contribution in [0, 0.1) is 0 Å². The summed E-state index contributed by atoms with van der Waals surface area (Å²) in [6.45, 7) is 2.00. The summed E-state index contributed by atoms with van der Waals surface area (Å²) in [4.78, 5) is 24.3. The third-order valence-electron chi connectivity index (χ3n) is 4.40. The molecular formula is C20H22O9. The van der Waals surface area contributed by atoms with Crippen LogP contribution in [0.15, 0.2) is 27.4 Å². The van der Waals surface area contributed by atoms with Gasteiger partial charge in [-0.25, -0.2) is 0 Å². The maximum Gasteiger partial charge on any atom is 0.306 e. The number of aliphatic hydroxyl groups excluding tert-OH is 1. The first kappa shape index (κ1) is 20.5. The van der Waals surface area contributed by atoms with Gasteiger partial charge in [0.25, 0.3) is 0 Å². The van der Waals surface area contributed by atoms with Crippen LogP contribution < -0.4 is 19.6 Å². The van der Waals surface area contributed by atoms with Crippen molar-refractivity contribution in [2.75, 3.05) is 26.9 Å². The summed E-state index contributed by atoms with van der Waals surface area (Å²) in [7, 11) is 1.46. The standard InChI is InChI=1S/C20H22O9/c1-3-26-17(23)9-13(19-18(24)14(22)8-12(10-21)29-19)11-6-15(25-2)20-16(7-11)27-4-5-28-20/h6-8,13,21,24H,3-5,9-10H2,1-2H3/t13-/m0/s1. The fraction of sp³-hybridized carbons (Fsp3) is 0.400. The van der Waals surface area contributed by atoms with Crippen molar-refractivity contribution >= 4 is 5.97 Å². The van der Waals surface area contributed by atoms with Gasteiger partial charge >= 0.3 is 5.97 Å². The third kappa shape index (κ3) is 4.29. The van der Waals surface area contributed by atoms with Gasteiger partial charge in [-0.05, 0) is 24.6 Å². The highest BCUT2D eigenvalue weighted by molar-refractivity contribution is 5.72. The van der Waals surface area contributed by atoms with E-state index < -0.39 is 29.7 Å². The van der Waals surface area contributed by atoms with Gasteiger partial charge in [-0.15, -0.1) is 0 Å². The number of rotatable bonds is 7. The predicted octanol–water partition coefficient (Wildman–Crippen LogP) is 1.70. The van der Waals surface area contributed by atoms with Gasteiger partial charge in [-0.1, -0.05) is 0 Å². The molecule has 0 aliphatic carbocycles. The summed E-state index contributed by atoms with van der Waals surface area (Å²) in [6, 6.07) is 4.24. The van der Waals surface area contributed by atoms with E-state index in [0.29, 0.717) is 36.0 Å². The van der Waals surface area contributed by atoms with Crippen molar-refractivity contribution < 1.29 is 38.4 Å². The van der Waals surface area contributed by atoms with E-state index in [-0.39, 0.29) is 24.5 Å². The van der Waals surface area contributed by atoms with Gasteiger partial charge in [0.1, 0.15) is 25.6 Å². The van der Waals surface area contributed by atoms with E-state index in [0.717, 1.165) is 6.07 Å². The molecule has 156 valence electrons. The van der Waals surface area contributed by atoms with Gasteiger partial charge in [0.15, 0.2) is 17.3 Å². The number of fused-ring (bicyclic) bond motifs is 1. The van der Waals surface area contributed by atoms with E-state index in [1.807, 2.05) is 0 Å². The van der Waals surface area contributed by atoms with Crippen LogP contribution in [-0.4, -0.2) is 43.1 Å². The van der Waals surface area contributed by atoms with Crippen molar-refractivity contribution in [2.45, 2.75) is 25.9 Å². The summed E-state index contributed by atoms with van der Waals surface area (Å²) in [5.74, 6) is -1.10. The first-order chi connectivity index (χ1) is 14.0. The van der Waals surface area contributed by atoms with E-state index >= 15 is 0 Å². The minimum absolute atomic E-state index is 0.0406. The Hall–Kier alpha value is -3.20. The molecule has 2 aromatic rings. The molecule has 0 radical (unpaired) electrons. The smallest absolute Gasteiger partial charge is 0.306 e. The molecule has 2 N–H and O–H groups in total. The molecule has 0 bridgehead atoms. The lowest BCUT2D eigenvalue weighted by Gasteiger charge is -2.24. The number of aliphatic hydroxyl groups is 1. The van der Waals surface area contributed by atoms with Gasteiger partial charge in [0.05, 0.1) is 26.1 Å². The van der Waals surface area contributed by atoms with Crippen molar-refractivity contribution in [1.82, 2.24) is 0 Å². The quantitative estimate of drug-likeness (QED) is 0.661. The molecule has 1 aromatic carbocycles. The normalized spacial score (nSPS) is 13.6. The Morgan fingerprint density at radius 3 is 2.69 bits per heavy atom. The van der Waals surface area contributed by atoms with Crippen molar-refractivity contribution in [1.29, 1.82) is 0 Å². The molecule has 2 heterocycles. The van der Waals surface area contributed by atoms with Crippen LogP contribution >= 0.6 is 0 Å².